The van der Waals surface area contributed by atoms with Crippen LogP contribution in [0.5, 0.6) is 0 Å². The molecule has 1 atom stereocenters. The third-order valence-electron chi connectivity index (χ3n) is 4.01. The van der Waals surface area contributed by atoms with E-state index < -0.39 is 17.7 Å². The van der Waals surface area contributed by atoms with Gasteiger partial charge in [-0.1, -0.05) is 12.5 Å². The molecule has 1 heterocycles. The van der Waals surface area contributed by atoms with Gasteiger partial charge >= 0.3 is 0 Å². The number of hydrogen-bond donors (Lipinski definition) is 2. The zero-order valence-corrected chi connectivity index (χ0v) is 12.5. The highest BCUT2D eigenvalue weighted by Gasteiger charge is 2.24. The Bertz CT molecular complexity index is 595. The molecule has 1 aromatic carbocycles. The van der Waals surface area contributed by atoms with Crippen LogP contribution in [0, 0.1) is 11.6 Å². The lowest BCUT2D eigenvalue weighted by atomic mass is 10.0. The number of halogens is 2. The second kappa shape index (κ2) is 6.22. The van der Waals surface area contributed by atoms with Crippen molar-refractivity contribution in [2.24, 2.45) is 5.84 Å². The molecule has 3 N–H and O–H groups in total. The Kier molecular flexibility index (Phi) is 4.33. The average molecular weight is 308 g/mol. The SMILES string of the molecule is NNC(c1cc2c(s1)CCCCC2)c1c(F)cccc1F. The summed E-state index contributed by atoms with van der Waals surface area (Å²) in [7, 11) is 0. The van der Waals surface area contributed by atoms with Crippen LogP contribution < -0.4 is 11.3 Å². The number of nitrogens with two attached hydrogens (primary N) is 1. The van der Waals surface area contributed by atoms with Crippen LogP contribution in [0.1, 0.15) is 46.2 Å². The molecule has 2 aromatic rings. The van der Waals surface area contributed by atoms with E-state index in [1.54, 1.807) is 11.3 Å². The Morgan fingerprint density at radius 3 is 2.52 bits per heavy atom. The van der Waals surface area contributed by atoms with Crippen LogP contribution in [-0.4, -0.2) is 0 Å². The summed E-state index contributed by atoms with van der Waals surface area (Å²) in [6.07, 6.45) is 5.71. The second-order valence-corrected chi connectivity index (χ2v) is 6.56. The summed E-state index contributed by atoms with van der Waals surface area (Å²) in [5, 5.41) is 0. The Balaban J connectivity index is 2.01. The van der Waals surface area contributed by atoms with Gasteiger partial charge in [-0.25, -0.2) is 14.2 Å². The van der Waals surface area contributed by atoms with Gasteiger partial charge in [0, 0.05) is 15.3 Å². The number of rotatable bonds is 3. The van der Waals surface area contributed by atoms with Crippen LogP contribution >= 0.6 is 11.3 Å². The lowest BCUT2D eigenvalue weighted by Gasteiger charge is -2.16. The largest absolute Gasteiger partial charge is 0.271 e. The summed E-state index contributed by atoms with van der Waals surface area (Å²) >= 11 is 1.62. The zero-order chi connectivity index (χ0) is 14.8. The average Bonchev–Trinajstić information content (AvgIpc) is 2.73. The molecule has 0 fully saturated rings. The topological polar surface area (TPSA) is 38.0 Å². The van der Waals surface area contributed by atoms with Gasteiger partial charge in [0.1, 0.15) is 11.6 Å². The first-order valence-corrected chi connectivity index (χ1v) is 8.04. The number of benzene rings is 1. The molecule has 0 radical (unpaired) electrons. The Labute approximate surface area is 127 Å². The fraction of sp³-hybridized carbons (Fsp3) is 0.375. The Morgan fingerprint density at radius 2 is 1.81 bits per heavy atom. The quantitative estimate of drug-likeness (QED) is 0.513. The number of aryl methyl sites for hydroxylation is 2. The summed E-state index contributed by atoms with van der Waals surface area (Å²) in [5.74, 6) is 4.45. The van der Waals surface area contributed by atoms with E-state index in [4.69, 9.17) is 5.84 Å². The number of hydrogen-bond acceptors (Lipinski definition) is 3. The summed E-state index contributed by atoms with van der Waals surface area (Å²) < 4.78 is 28.0. The summed E-state index contributed by atoms with van der Waals surface area (Å²) in [4.78, 5) is 2.22. The fourth-order valence-corrected chi connectivity index (χ4v) is 4.25. The highest BCUT2D eigenvalue weighted by atomic mass is 32.1. The van der Waals surface area contributed by atoms with Crippen LogP contribution in [-0.2, 0) is 12.8 Å². The molecule has 0 bridgehead atoms. The zero-order valence-electron chi connectivity index (χ0n) is 11.7. The maximum Gasteiger partial charge on any atom is 0.131 e. The van der Waals surface area contributed by atoms with Gasteiger partial charge in [-0.05, 0) is 49.4 Å². The molecular formula is C16H18F2N2S. The number of nitrogens with one attached hydrogen (secondary N) is 1. The molecule has 1 aliphatic rings. The van der Waals surface area contributed by atoms with Gasteiger partial charge < -0.3 is 0 Å². The minimum Gasteiger partial charge on any atom is -0.271 e. The summed E-state index contributed by atoms with van der Waals surface area (Å²) in [6, 6.07) is 5.32. The van der Waals surface area contributed by atoms with Crippen molar-refractivity contribution < 1.29 is 8.78 Å². The van der Waals surface area contributed by atoms with Gasteiger partial charge in [-0.3, -0.25) is 5.84 Å². The van der Waals surface area contributed by atoms with Gasteiger partial charge in [-0.2, -0.15) is 0 Å². The van der Waals surface area contributed by atoms with Crippen LogP contribution in [0.4, 0.5) is 8.78 Å². The van der Waals surface area contributed by atoms with Gasteiger partial charge in [-0.15, -0.1) is 11.3 Å². The van der Waals surface area contributed by atoms with Crippen LogP contribution in [0.2, 0.25) is 0 Å². The molecule has 0 spiro atoms. The van der Waals surface area contributed by atoms with Gasteiger partial charge in [0.2, 0.25) is 0 Å². The van der Waals surface area contributed by atoms with E-state index in [9.17, 15) is 8.78 Å². The van der Waals surface area contributed by atoms with E-state index in [1.807, 2.05) is 0 Å². The van der Waals surface area contributed by atoms with Crippen molar-refractivity contribution in [2.45, 2.75) is 38.1 Å². The van der Waals surface area contributed by atoms with Gasteiger partial charge in [0.25, 0.3) is 0 Å². The molecule has 112 valence electrons. The van der Waals surface area contributed by atoms with E-state index in [-0.39, 0.29) is 5.56 Å². The highest BCUT2D eigenvalue weighted by molar-refractivity contribution is 7.12. The van der Waals surface area contributed by atoms with E-state index in [1.165, 1.54) is 47.9 Å². The monoisotopic (exact) mass is 308 g/mol. The maximum absolute atomic E-state index is 14.0. The van der Waals surface area contributed by atoms with E-state index in [0.717, 1.165) is 17.7 Å². The van der Waals surface area contributed by atoms with Crippen LogP contribution in [0.25, 0.3) is 0 Å². The first kappa shape index (κ1) is 14.6. The van der Waals surface area contributed by atoms with Crippen molar-refractivity contribution in [1.82, 2.24) is 5.43 Å². The smallest absolute Gasteiger partial charge is 0.131 e. The summed E-state index contributed by atoms with van der Waals surface area (Å²) in [5.41, 5.74) is 3.88. The predicted octanol–water partition coefficient (Wildman–Crippen LogP) is 3.85. The fourth-order valence-electron chi connectivity index (χ4n) is 2.93. The number of hydrazine groups is 1. The number of fused-ring (bicyclic) bond motifs is 1. The molecule has 1 unspecified atom stereocenters. The maximum atomic E-state index is 14.0. The first-order chi connectivity index (χ1) is 10.2. The molecule has 0 saturated heterocycles. The van der Waals surface area contributed by atoms with Crippen molar-refractivity contribution >= 4 is 11.3 Å². The third kappa shape index (κ3) is 2.86. The number of thiophene rings is 1. The van der Waals surface area contributed by atoms with Gasteiger partial charge in [0.15, 0.2) is 0 Å². The minimum atomic E-state index is -0.636. The Morgan fingerprint density at radius 1 is 1.10 bits per heavy atom. The van der Waals surface area contributed by atoms with Crippen molar-refractivity contribution in [2.75, 3.05) is 0 Å². The molecule has 1 aliphatic carbocycles. The Hall–Kier alpha value is -1.30. The van der Waals surface area contributed by atoms with Crippen LogP contribution in [0.3, 0.4) is 0 Å². The van der Waals surface area contributed by atoms with E-state index in [2.05, 4.69) is 11.5 Å². The molecule has 5 heteroatoms. The lowest BCUT2D eigenvalue weighted by Crippen LogP contribution is -2.29. The normalized spacial score (nSPS) is 16.3. The second-order valence-electron chi connectivity index (χ2n) is 5.39. The van der Waals surface area contributed by atoms with Gasteiger partial charge in [0.05, 0.1) is 6.04 Å². The first-order valence-electron chi connectivity index (χ1n) is 7.22. The molecule has 1 aromatic heterocycles. The molecule has 21 heavy (non-hydrogen) atoms. The summed E-state index contributed by atoms with van der Waals surface area (Å²) in [6.45, 7) is 0. The van der Waals surface area contributed by atoms with Crippen molar-refractivity contribution in [3.63, 3.8) is 0 Å². The highest BCUT2D eigenvalue weighted by Crippen LogP contribution is 2.36. The molecular weight excluding hydrogens is 290 g/mol. The molecule has 3 rings (SSSR count). The van der Waals surface area contributed by atoms with Crippen molar-refractivity contribution in [3.05, 3.63) is 56.8 Å². The minimum absolute atomic E-state index is 0.00332. The standard InChI is InChI=1S/C16H18F2N2S/c17-11-6-4-7-12(18)15(11)16(20-19)14-9-10-5-2-1-3-8-13(10)21-14/h4,6-7,9,16,20H,1-3,5,8,19H2. The van der Waals surface area contributed by atoms with E-state index in [0.29, 0.717) is 0 Å². The van der Waals surface area contributed by atoms with E-state index >= 15 is 0 Å². The lowest BCUT2D eigenvalue weighted by molar-refractivity contribution is 0.513. The molecule has 0 amide bonds. The molecule has 2 nitrogen and oxygen atoms in total. The van der Waals surface area contributed by atoms with Crippen LogP contribution in [0.15, 0.2) is 24.3 Å². The predicted molar refractivity (Wildman–Crippen MR) is 81.1 cm³/mol. The molecule has 0 saturated carbocycles. The van der Waals surface area contributed by atoms with Crippen molar-refractivity contribution in [1.29, 1.82) is 0 Å². The third-order valence-corrected chi connectivity index (χ3v) is 5.31. The molecule has 0 aliphatic heterocycles. The van der Waals surface area contributed by atoms with Crippen molar-refractivity contribution in [3.8, 4) is 0 Å².